The first kappa shape index (κ1) is 29.3. The number of sulfone groups is 1. The lowest BCUT2D eigenvalue weighted by Crippen LogP contribution is -2.13. The van der Waals surface area contributed by atoms with Crippen LogP contribution in [-0.4, -0.2) is 52.7 Å². The highest BCUT2D eigenvalue weighted by atomic mass is 32.2. The van der Waals surface area contributed by atoms with Gasteiger partial charge in [0.25, 0.3) is 0 Å². The van der Waals surface area contributed by atoms with Gasteiger partial charge in [-0.2, -0.15) is 0 Å². The summed E-state index contributed by atoms with van der Waals surface area (Å²) in [6.07, 6.45) is 0.283. The molecule has 0 fully saturated rings. The smallest absolute Gasteiger partial charge is 0.337 e. The van der Waals surface area contributed by atoms with Crippen molar-refractivity contribution < 1.29 is 48.0 Å². The second kappa shape index (κ2) is 12.5. The van der Waals surface area contributed by atoms with E-state index < -0.39 is 54.6 Å². The lowest BCUT2D eigenvalue weighted by molar-refractivity contribution is 0.0682. The van der Waals surface area contributed by atoms with Crippen LogP contribution in [0.15, 0.2) is 107 Å². The molecule has 4 aromatic rings. The molecule has 4 N–H and O–H groups in total. The van der Waals surface area contributed by atoms with E-state index in [4.69, 9.17) is 20.4 Å². The van der Waals surface area contributed by atoms with Gasteiger partial charge in [0.1, 0.15) is 0 Å². The quantitative estimate of drug-likeness (QED) is 0.237. The van der Waals surface area contributed by atoms with E-state index in [1.54, 1.807) is 36.4 Å². The number of hydrogen-bond acceptors (Lipinski definition) is 6. The molecule has 0 aliphatic carbocycles. The maximum atomic E-state index is 12.6. The molecule has 0 radical (unpaired) electrons. The van der Waals surface area contributed by atoms with E-state index in [2.05, 4.69) is 0 Å². The van der Waals surface area contributed by atoms with Crippen LogP contribution in [0.1, 0.15) is 52.6 Å². The fraction of sp³-hybridized carbons (Fsp3) is 0.0345. The van der Waals surface area contributed by atoms with E-state index in [1.807, 2.05) is 0 Å². The summed E-state index contributed by atoms with van der Waals surface area (Å²) in [7, 11) is -4.25. The number of carbonyl (C=O) groups is 4. The predicted molar refractivity (Wildman–Crippen MR) is 142 cm³/mol. The number of rotatable bonds is 8. The first-order valence-electron chi connectivity index (χ1n) is 11.5. The monoisotopic (exact) mass is 562 g/mol. The van der Waals surface area contributed by atoms with Crippen LogP contribution in [0.3, 0.4) is 0 Å². The Morgan fingerprint density at radius 3 is 1.05 bits per heavy atom. The number of benzene rings is 4. The largest absolute Gasteiger partial charge is 0.478 e. The Kier molecular flexibility index (Phi) is 9.15. The fourth-order valence-corrected chi connectivity index (χ4v) is 5.49. The van der Waals surface area contributed by atoms with Gasteiger partial charge in [0.2, 0.25) is 9.84 Å². The average molecular weight is 563 g/mol. The minimum atomic E-state index is -4.25. The van der Waals surface area contributed by atoms with Gasteiger partial charge in [-0.3, -0.25) is 0 Å². The molecule has 11 heteroatoms. The summed E-state index contributed by atoms with van der Waals surface area (Å²) >= 11 is 0. The van der Waals surface area contributed by atoms with Gasteiger partial charge in [-0.1, -0.05) is 60.7 Å². The summed E-state index contributed by atoms with van der Waals surface area (Å²) in [5.74, 6) is -4.82. The molecule has 0 aromatic heterocycles. The van der Waals surface area contributed by atoms with Gasteiger partial charge in [0.05, 0.1) is 32.0 Å². The van der Waals surface area contributed by atoms with Gasteiger partial charge < -0.3 is 20.4 Å². The van der Waals surface area contributed by atoms with Crippen molar-refractivity contribution in [3.05, 3.63) is 130 Å². The second-order valence-electron chi connectivity index (χ2n) is 8.21. The molecule has 0 aliphatic heterocycles. The SMILES string of the molecule is O=C(O)c1ccccc1Cc1ccccc1C(=O)O.O=C(O)c1ccccc1S(=O)(=O)c1ccccc1C(=O)O. The molecule has 4 rings (SSSR count). The highest BCUT2D eigenvalue weighted by Crippen LogP contribution is 2.27. The van der Waals surface area contributed by atoms with Gasteiger partial charge in [0.15, 0.2) is 0 Å². The molecule has 0 aliphatic rings. The Bertz CT molecular complexity index is 1590. The first-order chi connectivity index (χ1) is 18.9. The van der Waals surface area contributed by atoms with Crippen molar-refractivity contribution in [1.82, 2.24) is 0 Å². The summed E-state index contributed by atoms with van der Waals surface area (Å²) in [6, 6.07) is 23.3. The molecule has 0 bridgehead atoms. The van der Waals surface area contributed by atoms with Gasteiger partial charge in [0, 0.05) is 0 Å². The van der Waals surface area contributed by atoms with Gasteiger partial charge in [-0.25, -0.2) is 27.6 Å². The maximum Gasteiger partial charge on any atom is 0.337 e. The Hall–Kier alpha value is -5.29. The Morgan fingerprint density at radius 2 is 0.725 bits per heavy atom. The van der Waals surface area contributed by atoms with Crippen molar-refractivity contribution in [3.8, 4) is 0 Å². The molecular weight excluding hydrogens is 540 g/mol. The van der Waals surface area contributed by atoms with E-state index in [1.165, 1.54) is 36.4 Å². The normalized spacial score (nSPS) is 10.6. The van der Waals surface area contributed by atoms with Gasteiger partial charge >= 0.3 is 23.9 Å². The molecule has 40 heavy (non-hydrogen) atoms. The first-order valence-corrected chi connectivity index (χ1v) is 13.0. The molecule has 0 saturated heterocycles. The summed E-state index contributed by atoms with van der Waals surface area (Å²) in [5, 5.41) is 36.4. The highest BCUT2D eigenvalue weighted by molar-refractivity contribution is 7.91. The van der Waals surface area contributed by atoms with Crippen LogP contribution in [0.5, 0.6) is 0 Å². The van der Waals surface area contributed by atoms with Crippen LogP contribution in [0.25, 0.3) is 0 Å². The summed E-state index contributed by atoms with van der Waals surface area (Å²) in [5.41, 5.74) is 0.785. The third kappa shape index (κ3) is 6.58. The number of hydrogen-bond donors (Lipinski definition) is 4. The van der Waals surface area contributed by atoms with Crippen molar-refractivity contribution in [3.63, 3.8) is 0 Å². The molecule has 10 nitrogen and oxygen atoms in total. The summed E-state index contributed by atoms with van der Waals surface area (Å²) < 4.78 is 25.1. The third-order valence-corrected chi connectivity index (χ3v) is 7.56. The van der Waals surface area contributed by atoms with Crippen LogP contribution in [0.4, 0.5) is 0 Å². The van der Waals surface area contributed by atoms with Crippen molar-refractivity contribution in [2.75, 3.05) is 0 Å². The Balaban J connectivity index is 0.000000222. The molecule has 204 valence electrons. The zero-order valence-corrected chi connectivity index (χ0v) is 21.4. The summed E-state index contributed by atoms with van der Waals surface area (Å²) in [6.45, 7) is 0. The van der Waals surface area contributed by atoms with Crippen LogP contribution in [-0.2, 0) is 16.3 Å². The lowest BCUT2D eigenvalue weighted by atomic mass is 9.96. The average Bonchev–Trinajstić information content (AvgIpc) is 2.93. The van der Waals surface area contributed by atoms with E-state index in [0.717, 1.165) is 24.3 Å². The zero-order valence-electron chi connectivity index (χ0n) is 20.6. The van der Waals surface area contributed by atoms with E-state index >= 15 is 0 Å². The van der Waals surface area contributed by atoms with E-state index in [-0.39, 0.29) is 17.5 Å². The molecule has 0 unspecified atom stereocenters. The Morgan fingerprint density at radius 1 is 0.450 bits per heavy atom. The highest BCUT2D eigenvalue weighted by Gasteiger charge is 2.28. The standard InChI is InChI=1S/C15H12O4.C14H10O6S/c16-14(17)12-7-3-1-5-10(12)9-11-6-2-4-8-13(11)15(18)19;15-13(16)9-5-1-3-7-11(9)21(19,20)12-8-4-2-6-10(12)14(17)18/h1-8H,9H2,(H,16,17)(H,18,19);1-8H,(H,15,16)(H,17,18). The minimum absolute atomic E-state index is 0.197. The second-order valence-corrected chi connectivity index (χ2v) is 10.1. The van der Waals surface area contributed by atoms with Gasteiger partial charge in [-0.05, 0) is 53.9 Å². The van der Waals surface area contributed by atoms with Gasteiger partial charge in [-0.15, -0.1) is 0 Å². The van der Waals surface area contributed by atoms with Crippen LogP contribution in [0, 0.1) is 0 Å². The molecule has 0 saturated carbocycles. The lowest BCUT2D eigenvalue weighted by Gasteiger charge is -2.10. The molecule has 0 heterocycles. The molecule has 0 spiro atoms. The van der Waals surface area contributed by atoms with Crippen LogP contribution < -0.4 is 0 Å². The number of aromatic carboxylic acids is 4. The van der Waals surface area contributed by atoms with Crippen molar-refractivity contribution in [1.29, 1.82) is 0 Å². The minimum Gasteiger partial charge on any atom is -0.478 e. The van der Waals surface area contributed by atoms with Crippen molar-refractivity contribution in [2.24, 2.45) is 0 Å². The van der Waals surface area contributed by atoms with E-state index in [0.29, 0.717) is 11.1 Å². The molecule has 0 amide bonds. The predicted octanol–water partition coefficient (Wildman–Crippen LogP) is 4.59. The Labute approximate surface area is 228 Å². The fourth-order valence-electron chi connectivity index (χ4n) is 3.85. The zero-order chi connectivity index (χ0) is 29.4. The van der Waals surface area contributed by atoms with Crippen molar-refractivity contribution >= 4 is 33.7 Å². The third-order valence-electron chi connectivity index (χ3n) is 5.69. The van der Waals surface area contributed by atoms with E-state index in [9.17, 15) is 27.6 Å². The molecule has 4 aromatic carbocycles. The molecular formula is C29H22O10S. The number of carboxylic acid groups (broad SMARTS) is 4. The van der Waals surface area contributed by atoms with Crippen molar-refractivity contribution in [2.45, 2.75) is 16.2 Å². The molecule has 0 atom stereocenters. The van der Waals surface area contributed by atoms with Crippen LogP contribution >= 0.6 is 0 Å². The summed E-state index contributed by atoms with van der Waals surface area (Å²) in [4.78, 5) is 43.6. The van der Waals surface area contributed by atoms with Crippen LogP contribution in [0.2, 0.25) is 0 Å². The maximum absolute atomic E-state index is 12.6. The topological polar surface area (TPSA) is 183 Å². The number of carboxylic acids is 4.